The number of pyridine rings is 1. The Balaban J connectivity index is 1.74. The van der Waals surface area contributed by atoms with Gasteiger partial charge in [-0.2, -0.15) is 0 Å². The number of fused-ring (bicyclic) bond motifs is 1. The Morgan fingerprint density at radius 1 is 1.23 bits per heavy atom. The molecule has 1 N–H and O–H groups in total. The first-order chi connectivity index (χ1) is 14.2. The molecule has 0 saturated heterocycles. The lowest BCUT2D eigenvalue weighted by Crippen LogP contribution is -2.28. The number of nitrogens with zero attached hydrogens (tertiary/aromatic N) is 3. The summed E-state index contributed by atoms with van der Waals surface area (Å²) in [6.45, 7) is 7.62. The number of imidazole rings is 1. The standard InChI is InChI=1S/C23H29BrN3O2S/c1-23(2,3)22-25-19-13-17(30(29)21-11-12-26(28)15-18(21)24)9-10-20(19)27(22)14-16-7-5-4-6-8-16/h9-13,15-16,28H,4-8,14H2,1-3H3/q+1. The van der Waals surface area contributed by atoms with Gasteiger partial charge < -0.3 is 4.57 Å². The van der Waals surface area contributed by atoms with E-state index in [4.69, 9.17) is 4.98 Å². The number of rotatable bonds is 4. The molecule has 1 aliphatic carbocycles. The average molecular weight is 491 g/mol. The summed E-state index contributed by atoms with van der Waals surface area (Å²) in [6, 6.07) is 7.62. The van der Waals surface area contributed by atoms with Crippen molar-refractivity contribution in [1.82, 2.24) is 9.55 Å². The number of benzene rings is 1. The Kier molecular flexibility index (Phi) is 6.04. The maximum absolute atomic E-state index is 13.2. The highest BCUT2D eigenvalue weighted by Crippen LogP contribution is 2.33. The first-order valence-corrected chi connectivity index (χ1v) is 12.5. The molecule has 0 bridgehead atoms. The van der Waals surface area contributed by atoms with Crippen molar-refractivity contribution in [3.05, 3.63) is 47.0 Å². The Hall–Kier alpha value is -1.73. The molecule has 4 rings (SSSR count). The zero-order chi connectivity index (χ0) is 21.5. The smallest absolute Gasteiger partial charge is 0.237 e. The van der Waals surface area contributed by atoms with Gasteiger partial charge in [-0.25, -0.2) is 9.19 Å². The van der Waals surface area contributed by atoms with Gasteiger partial charge in [-0.15, -0.1) is 0 Å². The lowest BCUT2D eigenvalue weighted by atomic mass is 9.88. The molecule has 1 fully saturated rings. The molecule has 0 radical (unpaired) electrons. The van der Waals surface area contributed by atoms with Gasteiger partial charge in [0.25, 0.3) is 0 Å². The molecule has 1 unspecified atom stereocenters. The lowest BCUT2D eigenvalue weighted by molar-refractivity contribution is -0.905. The van der Waals surface area contributed by atoms with Gasteiger partial charge in [0.2, 0.25) is 12.4 Å². The van der Waals surface area contributed by atoms with Gasteiger partial charge >= 0.3 is 0 Å². The van der Waals surface area contributed by atoms with Gasteiger partial charge in [-0.05, 0) is 52.9 Å². The van der Waals surface area contributed by atoms with E-state index in [1.54, 1.807) is 6.07 Å². The van der Waals surface area contributed by atoms with Gasteiger partial charge in [-0.3, -0.25) is 5.21 Å². The molecular weight excluding hydrogens is 462 g/mol. The number of hydrogen-bond acceptors (Lipinski definition) is 3. The fourth-order valence-corrected chi connectivity index (χ4v) is 6.20. The van der Waals surface area contributed by atoms with Crippen LogP contribution in [0.2, 0.25) is 0 Å². The van der Waals surface area contributed by atoms with E-state index in [0.717, 1.165) is 28.1 Å². The van der Waals surface area contributed by atoms with Crippen molar-refractivity contribution < 1.29 is 14.1 Å². The molecule has 0 amide bonds. The summed E-state index contributed by atoms with van der Waals surface area (Å²) in [6.07, 6.45) is 9.55. The first-order valence-electron chi connectivity index (χ1n) is 10.6. The first kappa shape index (κ1) is 21.5. The number of aromatic nitrogens is 3. The second kappa shape index (κ2) is 8.42. The predicted molar refractivity (Wildman–Crippen MR) is 121 cm³/mol. The zero-order valence-corrected chi connectivity index (χ0v) is 20.2. The van der Waals surface area contributed by atoms with E-state index in [0.29, 0.717) is 20.2 Å². The van der Waals surface area contributed by atoms with E-state index in [1.807, 2.05) is 12.1 Å². The van der Waals surface area contributed by atoms with Crippen LogP contribution in [-0.2, 0) is 22.8 Å². The van der Waals surface area contributed by atoms with Crippen molar-refractivity contribution in [2.45, 2.75) is 74.6 Å². The van der Waals surface area contributed by atoms with E-state index in [-0.39, 0.29) is 5.41 Å². The van der Waals surface area contributed by atoms with Gasteiger partial charge in [0.1, 0.15) is 10.3 Å². The van der Waals surface area contributed by atoms with E-state index < -0.39 is 10.8 Å². The Morgan fingerprint density at radius 2 is 1.97 bits per heavy atom. The van der Waals surface area contributed by atoms with Crippen molar-refractivity contribution in [2.24, 2.45) is 5.92 Å². The molecule has 5 nitrogen and oxygen atoms in total. The molecule has 0 aliphatic heterocycles. The van der Waals surface area contributed by atoms with Crippen LogP contribution in [0.15, 0.2) is 50.9 Å². The van der Waals surface area contributed by atoms with Crippen molar-refractivity contribution >= 4 is 37.8 Å². The highest BCUT2D eigenvalue weighted by Gasteiger charge is 2.26. The fraction of sp³-hybridized carbons (Fsp3) is 0.478. The monoisotopic (exact) mass is 490 g/mol. The minimum absolute atomic E-state index is 0.0653. The molecule has 30 heavy (non-hydrogen) atoms. The predicted octanol–water partition coefficient (Wildman–Crippen LogP) is 5.37. The van der Waals surface area contributed by atoms with Crippen LogP contribution in [0.25, 0.3) is 11.0 Å². The minimum atomic E-state index is -1.37. The summed E-state index contributed by atoms with van der Waals surface area (Å²) in [5.74, 6) is 1.80. The molecule has 160 valence electrons. The van der Waals surface area contributed by atoms with Crippen LogP contribution in [0.5, 0.6) is 0 Å². The largest absolute Gasteiger partial charge is 0.327 e. The highest BCUT2D eigenvalue weighted by atomic mass is 79.9. The molecule has 3 aromatic rings. The second-order valence-corrected chi connectivity index (χ2v) is 11.6. The highest BCUT2D eigenvalue weighted by molar-refractivity contribution is 9.10. The van der Waals surface area contributed by atoms with Crippen molar-refractivity contribution in [1.29, 1.82) is 0 Å². The quantitative estimate of drug-likeness (QED) is 0.395. The van der Waals surface area contributed by atoms with Gasteiger partial charge in [0, 0.05) is 27.7 Å². The van der Waals surface area contributed by atoms with E-state index in [1.165, 1.54) is 44.5 Å². The molecule has 1 aliphatic rings. The van der Waals surface area contributed by atoms with Crippen LogP contribution in [0, 0.1) is 5.92 Å². The van der Waals surface area contributed by atoms with E-state index in [2.05, 4.69) is 47.3 Å². The molecule has 0 spiro atoms. The van der Waals surface area contributed by atoms with Crippen molar-refractivity contribution in [3.63, 3.8) is 0 Å². The molecule has 1 saturated carbocycles. The Labute approximate surface area is 188 Å². The summed E-state index contributed by atoms with van der Waals surface area (Å²) < 4.78 is 17.1. The number of hydrogen-bond donors (Lipinski definition) is 1. The van der Waals surface area contributed by atoms with Crippen LogP contribution < -0.4 is 4.73 Å². The fourth-order valence-electron chi connectivity index (χ4n) is 4.33. The van der Waals surface area contributed by atoms with E-state index >= 15 is 0 Å². The maximum Gasteiger partial charge on any atom is 0.237 e. The average Bonchev–Trinajstić information content (AvgIpc) is 3.06. The van der Waals surface area contributed by atoms with Crippen LogP contribution in [-0.4, -0.2) is 19.0 Å². The molecule has 2 heterocycles. The van der Waals surface area contributed by atoms with Crippen LogP contribution in [0.4, 0.5) is 0 Å². The lowest BCUT2D eigenvalue weighted by Gasteiger charge is -2.26. The van der Waals surface area contributed by atoms with Gasteiger partial charge in [0.15, 0.2) is 0 Å². The topological polar surface area (TPSA) is 59.0 Å². The third-order valence-electron chi connectivity index (χ3n) is 5.83. The SMILES string of the molecule is CC(C)(C)c1nc2cc(S(=O)c3cc[n+](O)cc3Br)ccc2n1CC1CCCCC1. The Bertz CT molecular complexity index is 1100. The van der Waals surface area contributed by atoms with Crippen molar-refractivity contribution in [3.8, 4) is 0 Å². The molecule has 1 aromatic carbocycles. The summed E-state index contributed by atoms with van der Waals surface area (Å²) in [7, 11) is -1.37. The van der Waals surface area contributed by atoms with Crippen LogP contribution in [0.3, 0.4) is 0 Å². The molecule has 7 heteroatoms. The zero-order valence-electron chi connectivity index (χ0n) is 17.8. The third-order valence-corrected chi connectivity index (χ3v) is 8.16. The summed E-state index contributed by atoms with van der Waals surface area (Å²) in [5.41, 5.74) is 1.95. The van der Waals surface area contributed by atoms with Crippen LogP contribution in [0.1, 0.15) is 58.7 Å². The molecule has 1 atom stereocenters. The third kappa shape index (κ3) is 4.33. The summed E-state index contributed by atoms with van der Waals surface area (Å²) in [4.78, 5) is 6.33. The molecular formula is C23H29BrN3O2S+. The number of halogens is 1. The molecule has 2 aromatic heterocycles. The second-order valence-electron chi connectivity index (χ2n) is 9.26. The summed E-state index contributed by atoms with van der Waals surface area (Å²) in [5, 5.41) is 9.55. The van der Waals surface area contributed by atoms with Crippen molar-refractivity contribution in [2.75, 3.05) is 0 Å². The van der Waals surface area contributed by atoms with E-state index in [9.17, 15) is 9.42 Å². The van der Waals surface area contributed by atoms with Gasteiger partial charge in [-0.1, -0.05) is 40.0 Å². The van der Waals surface area contributed by atoms with Crippen LogP contribution >= 0.6 is 15.9 Å². The maximum atomic E-state index is 13.2. The van der Waals surface area contributed by atoms with Gasteiger partial charge in [0.05, 0.1) is 26.7 Å². The normalized spacial score (nSPS) is 16.8. The minimum Gasteiger partial charge on any atom is -0.327 e. The summed E-state index contributed by atoms with van der Waals surface area (Å²) >= 11 is 3.40. The Morgan fingerprint density at radius 3 is 2.63 bits per heavy atom.